The highest BCUT2D eigenvalue weighted by Crippen LogP contribution is 2.39. The number of fused-ring (bicyclic) bond motifs is 11. The predicted octanol–water partition coefficient (Wildman–Crippen LogP) is 36.1. The summed E-state index contributed by atoms with van der Waals surface area (Å²) in [5.41, 5.74) is 29.2. The highest BCUT2D eigenvalue weighted by molar-refractivity contribution is 6.14. The third kappa shape index (κ3) is 19.8. The number of rotatable bonds is 3. The minimum Gasteiger partial charge on any atom is -0.0616 e. The van der Waals surface area contributed by atoms with E-state index in [1.165, 1.54) is 241 Å². The molecule has 0 heteroatoms. The van der Waals surface area contributed by atoms with Gasteiger partial charge >= 0.3 is 0 Å². The molecule has 0 saturated heterocycles. The second-order valence-electron chi connectivity index (χ2n) is 34.3. The zero-order valence-electron chi connectivity index (χ0n) is 76.1. The molecule has 0 aliphatic rings. The molecule has 0 nitrogen and oxygen atoms in total. The molecular formula is C126H114. The standard InChI is InChI=1S/C24H18.C20H16.C20H18.C16H14.C14H14.2C12H12.C8H10/c1-15-21-11-17-7-3-5-9-19(17)13-23(21)16(2)24-14-20-10-6-4-8-18(20)12-22(15)24;1-13-17-9-5-6-10-18(17)14(2)20-12-16-8-4-3-7-15(16)11-19(13)20;1-15-3-7-17(8-4-15)19-11-13-20(14-12-19)18-9-5-16(2)6-10-18;1-11-13-7-3-5-9-15(13)12(2)16-10-6-4-8-14(11)16;1-11-3-7-13(8-4-11)14-9-5-12(2)6-10-14;1-9-5-3-8-12-10(2)6-4-7-11(9)12;1-9-7-8-10(2)12-6-4-3-5-11(9)12;1-7-3-5-8(2)6-4-7/h3-14H,1-2H3;3-12H,1-2H3;3-14H,1-2H3;3-10H,1-2H3;3-10H,1-2H3;2*3-8H,1-2H3;3-6H,1-2H3. The van der Waals surface area contributed by atoms with E-state index in [-0.39, 0.29) is 0 Å². The van der Waals surface area contributed by atoms with Crippen LogP contribution in [0.15, 0.2) is 400 Å². The van der Waals surface area contributed by atoms with E-state index in [0.29, 0.717) is 0 Å². The van der Waals surface area contributed by atoms with E-state index in [0.717, 1.165) is 0 Å². The number of hydrogen-bond acceptors (Lipinski definition) is 0. The normalized spacial score (nSPS) is 10.9. The van der Waals surface area contributed by atoms with Crippen molar-refractivity contribution < 1.29 is 0 Å². The summed E-state index contributed by atoms with van der Waals surface area (Å²) in [5, 5.41) is 29.8. The van der Waals surface area contributed by atoms with Crippen LogP contribution in [0.3, 0.4) is 0 Å². The van der Waals surface area contributed by atoms with Crippen LogP contribution in [0.4, 0.5) is 0 Å². The zero-order chi connectivity index (χ0) is 88.1. The first kappa shape index (κ1) is 86.6. The zero-order valence-corrected chi connectivity index (χ0v) is 76.1. The van der Waals surface area contributed by atoms with Gasteiger partial charge < -0.3 is 0 Å². The van der Waals surface area contributed by atoms with Crippen LogP contribution in [0.5, 0.6) is 0 Å². The molecule has 0 bridgehead atoms. The average Bonchev–Trinajstić information content (AvgIpc) is 0.751. The Balaban J connectivity index is 0.000000113. The SMILES string of the molecule is Cc1c2cc3ccccc3cc2c(C)c2cc3ccccc3cc12.Cc1c2ccccc2c(C)c2cc3ccccc3cc12.Cc1c2ccccc2c(C)c2ccccc12.Cc1ccc(-c2ccc(-c3ccc(C)cc3)cc2)cc1.Cc1ccc(-c2ccc(C)cc2)cc1.Cc1ccc(C)c2ccccc12.Cc1ccc(C)cc1.Cc1cccc2c(C)cccc12. The van der Waals surface area contributed by atoms with Gasteiger partial charge in [-0.25, -0.2) is 0 Å². The Morgan fingerprint density at radius 2 is 0.238 bits per heavy atom. The van der Waals surface area contributed by atoms with E-state index in [2.05, 4.69) is 511 Å². The van der Waals surface area contributed by atoms with Crippen molar-refractivity contribution in [2.75, 3.05) is 0 Å². The molecule has 0 atom stereocenters. The Labute approximate surface area is 746 Å². The lowest BCUT2D eigenvalue weighted by Crippen LogP contribution is -1.89. The summed E-state index contributed by atoms with van der Waals surface area (Å²) in [6.45, 7) is 34.7. The Morgan fingerprint density at radius 3 is 0.437 bits per heavy atom. The lowest BCUT2D eigenvalue weighted by Gasteiger charge is -2.14. The predicted molar refractivity (Wildman–Crippen MR) is 556 cm³/mol. The van der Waals surface area contributed by atoms with E-state index in [9.17, 15) is 0 Å². The number of aryl methyl sites for hydroxylation is 16. The van der Waals surface area contributed by atoms with Crippen molar-refractivity contribution in [3.05, 3.63) is 489 Å². The van der Waals surface area contributed by atoms with E-state index >= 15 is 0 Å². The van der Waals surface area contributed by atoms with Crippen LogP contribution < -0.4 is 0 Å². The van der Waals surface area contributed by atoms with Gasteiger partial charge in [0.05, 0.1) is 0 Å². The van der Waals surface area contributed by atoms with Crippen LogP contribution in [0.1, 0.15) is 89.0 Å². The molecule has 0 amide bonds. The highest BCUT2D eigenvalue weighted by Gasteiger charge is 2.14. The first-order valence-electron chi connectivity index (χ1n) is 44.3. The summed E-state index contributed by atoms with van der Waals surface area (Å²) in [5.74, 6) is 0. The van der Waals surface area contributed by atoms with E-state index in [1.54, 1.807) is 0 Å². The lowest BCUT2D eigenvalue weighted by atomic mass is 9.90. The third-order valence-corrected chi connectivity index (χ3v) is 25.3. The van der Waals surface area contributed by atoms with Gasteiger partial charge in [-0.15, -0.1) is 0 Å². The van der Waals surface area contributed by atoms with Gasteiger partial charge in [-0.1, -0.05) is 397 Å². The molecule has 0 unspecified atom stereocenters. The first-order chi connectivity index (χ1) is 61.1. The van der Waals surface area contributed by atoms with Crippen LogP contribution in [-0.2, 0) is 0 Å². The first-order valence-corrected chi connectivity index (χ1v) is 44.3. The van der Waals surface area contributed by atoms with Crippen molar-refractivity contribution in [3.63, 3.8) is 0 Å². The van der Waals surface area contributed by atoms with Crippen molar-refractivity contribution in [3.8, 4) is 33.4 Å². The Kier molecular flexibility index (Phi) is 27.1. The summed E-state index contributed by atoms with van der Waals surface area (Å²) >= 11 is 0. The van der Waals surface area contributed by atoms with Crippen molar-refractivity contribution in [2.24, 2.45) is 0 Å². The molecule has 0 heterocycles. The van der Waals surface area contributed by atoms with Crippen molar-refractivity contribution in [2.45, 2.75) is 111 Å². The van der Waals surface area contributed by atoms with Crippen LogP contribution in [0.25, 0.3) is 152 Å². The van der Waals surface area contributed by atoms with Gasteiger partial charge in [0.2, 0.25) is 0 Å². The van der Waals surface area contributed by atoms with Gasteiger partial charge in [-0.05, 0) is 355 Å². The minimum atomic E-state index is 1.26. The molecule has 0 aromatic heterocycles. The molecule has 22 aromatic rings. The summed E-state index contributed by atoms with van der Waals surface area (Å²) in [4.78, 5) is 0. The molecule has 0 spiro atoms. The largest absolute Gasteiger partial charge is 0.0616 e. The molecule has 618 valence electrons. The van der Waals surface area contributed by atoms with E-state index in [1.807, 2.05) is 0 Å². The maximum Gasteiger partial charge on any atom is -0.0139 e. The quantitative estimate of drug-likeness (QED) is 0.155. The van der Waals surface area contributed by atoms with Crippen molar-refractivity contribution in [1.29, 1.82) is 0 Å². The van der Waals surface area contributed by atoms with Crippen LogP contribution in [0, 0.1) is 111 Å². The fraction of sp³-hybridized carbons (Fsp3) is 0.127. The van der Waals surface area contributed by atoms with Crippen LogP contribution >= 0.6 is 0 Å². The van der Waals surface area contributed by atoms with Crippen LogP contribution in [0.2, 0.25) is 0 Å². The van der Waals surface area contributed by atoms with Gasteiger partial charge in [0, 0.05) is 0 Å². The summed E-state index contributed by atoms with van der Waals surface area (Å²) in [6.07, 6.45) is 0. The Bertz CT molecular complexity index is 6970. The summed E-state index contributed by atoms with van der Waals surface area (Å²) in [7, 11) is 0. The summed E-state index contributed by atoms with van der Waals surface area (Å²) < 4.78 is 0. The Hall–Kier alpha value is -14.3. The third-order valence-electron chi connectivity index (χ3n) is 25.3. The molecule has 22 rings (SSSR count). The van der Waals surface area contributed by atoms with Gasteiger partial charge in [-0.2, -0.15) is 0 Å². The number of benzene rings is 22. The second-order valence-corrected chi connectivity index (χ2v) is 34.3. The van der Waals surface area contributed by atoms with Crippen molar-refractivity contribution in [1.82, 2.24) is 0 Å². The molecule has 0 N–H and O–H groups in total. The van der Waals surface area contributed by atoms with Crippen LogP contribution in [-0.4, -0.2) is 0 Å². The molecule has 0 saturated carbocycles. The average molecular weight is 1630 g/mol. The van der Waals surface area contributed by atoms with Gasteiger partial charge in [-0.3, -0.25) is 0 Å². The van der Waals surface area contributed by atoms with Gasteiger partial charge in [0.1, 0.15) is 0 Å². The molecule has 0 aliphatic heterocycles. The molecule has 22 aromatic carbocycles. The number of hydrogen-bond donors (Lipinski definition) is 0. The maximum absolute atomic E-state index is 2.35. The van der Waals surface area contributed by atoms with E-state index in [4.69, 9.17) is 0 Å². The van der Waals surface area contributed by atoms with E-state index < -0.39 is 0 Å². The highest BCUT2D eigenvalue weighted by atomic mass is 14.2. The monoisotopic (exact) mass is 1630 g/mol. The molecule has 126 heavy (non-hydrogen) atoms. The molecule has 0 aliphatic carbocycles. The topological polar surface area (TPSA) is 0 Å². The maximum atomic E-state index is 2.35. The molecule has 0 fully saturated rings. The fourth-order valence-electron chi connectivity index (χ4n) is 17.6. The minimum absolute atomic E-state index is 1.26. The molecule has 0 radical (unpaired) electrons. The second kappa shape index (κ2) is 39.5. The Morgan fingerprint density at radius 1 is 0.103 bits per heavy atom. The smallest absolute Gasteiger partial charge is 0.0139 e. The van der Waals surface area contributed by atoms with Gasteiger partial charge in [0.25, 0.3) is 0 Å². The fourth-order valence-corrected chi connectivity index (χ4v) is 17.6. The van der Waals surface area contributed by atoms with Gasteiger partial charge in [0.15, 0.2) is 0 Å². The lowest BCUT2D eigenvalue weighted by molar-refractivity contribution is 1.40. The molecular weight excluding hydrogens is 1510 g/mol. The van der Waals surface area contributed by atoms with Crippen molar-refractivity contribution >= 4 is 118 Å². The summed E-state index contributed by atoms with van der Waals surface area (Å²) in [6, 6.07) is 144.